The average molecular weight is 438 g/mol. The molecule has 7 nitrogen and oxygen atoms in total. The molecule has 0 spiro atoms. The van der Waals surface area contributed by atoms with Crippen molar-refractivity contribution < 1.29 is 19.1 Å². The minimum Gasteiger partial charge on any atom is -0.503 e. The highest BCUT2D eigenvalue weighted by atomic mass is 35.5. The van der Waals surface area contributed by atoms with Gasteiger partial charge in [0.25, 0.3) is 5.91 Å². The Kier molecular flexibility index (Phi) is 6.04. The third-order valence-electron chi connectivity index (χ3n) is 5.07. The summed E-state index contributed by atoms with van der Waals surface area (Å²) in [4.78, 5) is 31.4. The number of aryl methyl sites for hydroxylation is 1. The van der Waals surface area contributed by atoms with Crippen molar-refractivity contribution >= 4 is 29.4 Å². The third-order valence-corrected chi connectivity index (χ3v) is 5.32. The van der Waals surface area contributed by atoms with Gasteiger partial charge in [-0.1, -0.05) is 23.7 Å². The van der Waals surface area contributed by atoms with Crippen LogP contribution in [0.3, 0.4) is 0 Å². The van der Waals surface area contributed by atoms with Gasteiger partial charge in [0.2, 0.25) is 0 Å². The summed E-state index contributed by atoms with van der Waals surface area (Å²) < 4.78 is 7.12. The van der Waals surface area contributed by atoms with Crippen molar-refractivity contribution in [2.75, 3.05) is 6.54 Å². The van der Waals surface area contributed by atoms with Crippen LogP contribution in [0.4, 0.5) is 0 Å². The van der Waals surface area contributed by atoms with Crippen molar-refractivity contribution in [3.8, 4) is 0 Å². The van der Waals surface area contributed by atoms with Crippen molar-refractivity contribution in [2.24, 2.45) is 0 Å². The molecule has 4 rings (SSSR count). The van der Waals surface area contributed by atoms with Crippen LogP contribution in [0.5, 0.6) is 0 Å². The number of carbonyl (C=O) groups excluding carboxylic acids is 2. The largest absolute Gasteiger partial charge is 0.503 e. The number of aliphatic hydroxyl groups excluding tert-OH is 1. The molecule has 158 valence electrons. The fourth-order valence-corrected chi connectivity index (χ4v) is 3.73. The lowest BCUT2D eigenvalue weighted by atomic mass is 9.95. The number of aromatic nitrogens is 2. The van der Waals surface area contributed by atoms with Gasteiger partial charge in [-0.2, -0.15) is 0 Å². The van der Waals surface area contributed by atoms with Gasteiger partial charge in [-0.3, -0.25) is 9.59 Å². The second kappa shape index (κ2) is 9.06. The number of aliphatic hydroxyl groups is 1. The Balaban J connectivity index is 1.61. The maximum Gasteiger partial charge on any atom is 0.290 e. The van der Waals surface area contributed by atoms with E-state index in [9.17, 15) is 14.7 Å². The first-order valence-electron chi connectivity index (χ1n) is 9.76. The second-order valence-corrected chi connectivity index (χ2v) is 7.52. The lowest BCUT2D eigenvalue weighted by molar-refractivity contribution is -0.129. The molecule has 3 heterocycles. The Labute approximate surface area is 183 Å². The molecule has 1 aromatic carbocycles. The van der Waals surface area contributed by atoms with E-state index >= 15 is 0 Å². The third kappa shape index (κ3) is 4.46. The number of nitrogens with zero attached hydrogens (tertiary/aromatic N) is 3. The molecule has 0 aliphatic carbocycles. The number of halogens is 1. The fraction of sp³-hybridized carbons (Fsp3) is 0.174. The molecule has 3 aromatic rings. The first-order chi connectivity index (χ1) is 15.0. The molecule has 2 aromatic heterocycles. The van der Waals surface area contributed by atoms with Gasteiger partial charge in [-0.05, 0) is 48.4 Å². The maximum absolute atomic E-state index is 13.0. The molecule has 0 saturated heterocycles. The van der Waals surface area contributed by atoms with Gasteiger partial charge in [0.05, 0.1) is 24.2 Å². The summed E-state index contributed by atoms with van der Waals surface area (Å²) in [7, 11) is 0. The van der Waals surface area contributed by atoms with Gasteiger partial charge in [-0.25, -0.2) is 4.98 Å². The molecule has 1 aliphatic heterocycles. The Bertz CT molecular complexity index is 1120. The smallest absolute Gasteiger partial charge is 0.290 e. The summed E-state index contributed by atoms with van der Waals surface area (Å²) in [5.74, 6) is -1.06. The lowest BCUT2D eigenvalue weighted by Crippen LogP contribution is -2.32. The Morgan fingerprint density at radius 3 is 2.71 bits per heavy atom. The van der Waals surface area contributed by atoms with E-state index in [1.807, 2.05) is 10.8 Å². The zero-order valence-corrected chi connectivity index (χ0v) is 17.3. The van der Waals surface area contributed by atoms with E-state index < -0.39 is 23.5 Å². The number of hydrogen-bond acceptors (Lipinski definition) is 5. The predicted molar refractivity (Wildman–Crippen MR) is 115 cm³/mol. The summed E-state index contributed by atoms with van der Waals surface area (Å²) in [6.07, 6.45) is 10.2. The molecular formula is C23H20ClN3O4. The zero-order valence-electron chi connectivity index (χ0n) is 16.5. The number of allylic oxidation sites excluding steroid dienone is 1. The van der Waals surface area contributed by atoms with Crippen LogP contribution in [0.25, 0.3) is 6.08 Å². The molecule has 1 amide bonds. The molecule has 0 fully saturated rings. The average Bonchev–Trinajstić information content (AvgIpc) is 3.51. The van der Waals surface area contributed by atoms with Crippen molar-refractivity contribution in [2.45, 2.75) is 19.0 Å². The van der Waals surface area contributed by atoms with Gasteiger partial charge in [0, 0.05) is 30.5 Å². The molecule has 0 bridgehead atoms. The number of rotatable bonds is 8. The van der Waals surface area contributed by atoms with Crippen molar-refractivity contribution in [3.63, 3.8) is 0 Å². The predicted octanol–water partition coefficient (Wildman–Crippen LogP) is 4.20. The van der Waals surface area contributed by atoms with Crippen LogP contribution in [0.1, 0.15) is 23.8 Å². The van der Waals surface area contributed by atoms with Gasteiger partial charge in [0.1, 0.15) is 5.76 Å². The monoisotopic (exact) mass is 437 g/mol. The number of hydrogen-bond donors (Lipinski definition) is 1. The molecule has 31 heavy (non-hydrogen) atoms. The number of ketones is 1. The summed E-state index contributed by atoms with van der Waals surface area (Å²) in [5.41, 5.74) is 0.733. The molecule has 1 N–H and O–H groups in total. The number of benzene rings is 1. The summed E-state index contributed by atoms with van der Waals surface area (Å²) in [6, 6.07) is 9.61. The Morgan fingerprint density at radius 1 is 1.23 bits per heavy atom. The van der Waals surface area contributed by atoms with E-state index in [2.05, 4.69) is 4.98 Å². The van der Waals surface area contributed by atoms with Crippen LogP contribution < -0.4 is 0 Å². The molecular weight excluding hydrogens is 418 g/mol. The zero-order chi connectivity index (χ0) is 21.8. The van der Waals surface area contributed by atoms with E-state index in [1.165, 1.54) is 23.3 Å². The van der Waals surface area contributed by atoms with Crippen molar-refractivity contribution in [1.82, 2.24) is 14.5 Å². The standard InChI is InChI=1S/C23H20ClN3O4/c24-17-6-4-16(5-7-17)21-20(19(28)9-8-18-3-1-14-31-18)22(29)23(30)27(21)12-2-11-26-13-10-25-15-26/h1,3-10,13-15,21,29H,2,11-12H2. The maximum atomic E-state index is 13.0. The SMILES string of the molecule is O=C(C=Cc1ccco1)C1=C(O)C(=O)N(CCCn2ccnc2)C1c1ccc(Cl)cc1. The van der Waals surface area contributed by atoms with Crippen molar-refractivity contribution in [3.05, 3.63) is 95.1 Å². The summed E-state index contributed by atoms with van der Waals surface area (Å²) >= 11 is 6.02. The Hall–Kier alpha value is -3.58. The van der Waals surface area contributed by atoms with Crippen LogP contribution >= 0.6 is 11.6 Å². The van der Waals surface area contributed by atoms with E-state index in [4.69, 9.17) is 16.0 Å². The van der Waals surface area contributed by atoms with Crippen LogP contribution in [0.15, 0.2) is 83.2 Å². The topological polar surface area (TPSA) is 88.6 Å². The molecule has 1 atom stereocenters. The Morgan fingerprint density at radius 2 is 2.03 bits per heavy atom. The van der Waals surface area contributed by atoms with E-state index in [1.54, 1.807) is 48.9 Å². The van der Waals surface area contributed by atoms with Gasteiger partial charge in [0.15, 0.2) is 11.5 Å². The first-order valence-corrected chi connectivity index (χ1v) is 10.1. The molecule has 0 radical (unpaired) electrons. The second-order valence-electron chi connectivity index (χ2n) is 7.08. The van der Waals surface area contributed by atoms with E-state index in [0.29, 0.717) is 35.9 Å². The van der Waals surface area contributed by atoms with Gasteiger partial charge < -0.3 is 19.0 Å². The quantitative estimate of drug-likeness (QED) is 0.533. The van der Waals surface area contributed by atoms with Crippen LogP contribution in [0, 0.1) is 0 Å². The normalized spacial score (nSPS) is 16.6. The number of carbonyl (C=O) groups is 2. The highest BCUT2D eigenvalue weighted by Crippen LogP contribution is 2.38. The molecule has 1 aliphatic rings. The number of imidazole rings is 1. The lowest BCUT2D eigenvalue weighted by Gasteiger charge is -2.26. The summed E-state index contributed by atoms with van der Waals surface area (Å²) in [5, 5.41) is 11.1. The molecule has 8 heteroatoms. The van der Waals surface area contributed by atoms with E-state index in [0.717, 1.165) is 0 Å². The molecule has 1 unspecified atom stereocenters. The molecule has 0 saturated carbocycles. The van der Waals surface area contributed by atoms with Crippen LogP contribution in [-0.4, -0.2) is 37.8 Å². The van der Waals surface area contributed by atoms with E-state index in [-0.39, 0.29) is 5.57 Å². The number of furan rings is 1. The van der Waals surface area contributed by atoms with Crippen LogP contribution in [-0.2, 0) is 16.1 Å². The fourth-order valence-electron chi connectivity index (χ4n) is 3.60. The van der Waals surface area contributed by atoms with Crippen molar-refractivity contribution in [1.29, 1.82) is 0 Å². The van der Waals surface area contributed by atoms with Gasteiger partial charge >= 0.3 is 0 Å². The minimum absolute atomic E-state index is 0.0396. The van der Waals surface area contributed by atoms with Crippen LogP contribution in [0.2, 0.25) is 5.02 Å². The first kappa shape index (κ1) is 20.7. The summed E-state index contributed by atoms with van der Waals surface area (Å²) in [6.45, 7) is 1.01. The number of amides is 1. The highest BCUT2D eigenvalue weighted by Gasteiger charge is 2.42. The highest BCUT2D eigenvalue weighted by molar-refractivity contribution is 6.30. The van der Waals surface area contributed by atoms with Gasteiger partial charge in [-0.15, -0.1) is 0 Å². The minimum atomic E-state index is -0.707.